The van der Waals surface area contributed by atoms with E-state index in [1.165, 1.54) is 13.0 Å². The predicted octanol–water partition coefficient (Wildman–Crippen LogP) is 2.26. The van der Waals surface area contributed by atoms with Crippen LogP contribution in [-0.4, -0.2) is 38.7 Å². The molecule has 0 aliphatic heterocycles. The maximum atomic E-state index is 11.6. The first kappa shape index (κ1) is 16.9. The van der Waals surface area contributed by atoms with Gasteiger partial charge in [0.1, 0.15) is 0 Å². The van der Waals surface area contributed by atoms with E-state index >= 15 is 0 Å². The van der Waals surface area contributed by atoms with Crippen LogP contribution in [-0.2, 0) is 19.1 Å². The zero-order valence-electron chi connectivity index (χ0n) is 12.7. The number of benzene rings is 1. The van der Waals surface area contributed by atoms with Crippen LogP contribution in [0.1, 0.15) is 19.4 Å². The van der Waals surface area contributed by atoms with E-state index in [9.17, 15) is 9.59 Å². The molecule has 0 bridgehead atoms. The molecule has 0 radical (unpaired) electrons. The van der Waals surface area contributed by atoms with E-state index in [2.05, 4.69) is 0 Å². The molecule has 0 spiro atoms. The highest BCUT2D eigenvalue weighted by molar-refractivity contribution is 5.91. The molecule has 0 saturated carbocycles. The zero-order chi connectivity index (χ0) is 15.7. The van der Waals surface area contributed by atoms with E-state index in [1.807, 2.05) is 24.3 Å². The maximum Gasteiger partial charge on any atom is 0.330 e. The molecule has 0 saturated heterocycles. The lowest BCUT2D eigenvalue weighted by Crippen LogP contribution is -2.31. The van der Waals surface area contributed by atoms with Gasteiger partial charge in [-0.15, -0.1) is 0 Å². The van der Waals surface area contributed by atoms with Crippen LogP contribution in [0.5, 0.6) is 0 Å². The number of esters is 1. The first-order valence-corrected chi connectivity index (χ1v) is 6.80. The van der Waals surface area contributed by atoms with Crippen molar-refractivity contribution in [3.05, 3.63) is 35.9 Å². The van der Waals surface area contributed by atoms with Crippen molar-refractivity contribution in [3.63, 3.8) is 0 Å². The third-order valence-electron chi connectivity index (χ3n) is 2.80. The first-order valence-electron chi connectivity index (χ1n) is 6.80. The molecule has 0 fully saturated rings. The van der Waals surface area contributed by atoms with Crippen molar-refractivity contribution in [1.29, 1.82) is 0 Å². The van der Waals surface area contributed by atoms with Gasteiger partial charge in [0.2, 0.25) is 5.91 Å². The number of ether oxygens (including phenoxy) is 2. The highest BCUT2D eigenvalue weighted by atomic mass is 16.5. The summed E-state index contributed by atoms with van der Waals surface area (Å²) in [7, 11) is 1.60. The number of carbonyl (C=O) groups is 2. The Bertz CT molecular complexity index is 494. The van der Waals surface area contributed by atoms with E-state index < -0.39 is 0 Å². The third-order valence-corrected chi connectivity index (χ3v) is 2.80. The minimum atomic E-state index is -0.368. The number of amides is 1. The molecule has 21 heavy (non-hydrogen) atoms. The molecule has 5 nitrogen and oxygen atoms in total. The van der Waals surface area contributed by atoms with Crippen LogP contribution in [0.2, 0.25) is 0 Å². The number of rotatable bonds is 7. The number of methoxy groups -OCH3 is 1. The number of carbonyl (C=O) groups excluding carboxylic acids is 2. The van der Waals surface area contributed by atoms with Crippen LogP contribution >= 0.6 is 0 Å². The summed E-state index contributed by atoms with van der Waals surface area (Å²) in [6.45, 7) is 4.62. The second-order valence-corrected chi connectivity index (χ2v) is 4.34. The second-order valence-electron chi connectivity index (χ2n) is 4.34. The van der Waals surface area contributed by atoms with Gasteiger partial charge in [0.05, 0.1) is 13.2 Å². The van der Waals surface area contributed by atoms with Crippen LogP contribution in [0.3, 0.4) is 0 Å². The molecule has 0 aliphatic rings. The fraction of sp³-hybridized carbons (Fsp3) is 0.375. The number of hydrogen-bond acceptors (Lipinski definition) is 4. The number of hydrogen-bond donors (Lipinski definition) is 0. The minimum absolute atomic E-state index is 0.0399. The number of anilines is 1. The lowest BCUT2D eigenvalue weighted by atomic mass is 10.2. The van der Waals surface area contributed by atoms with Crippen LogP contribution in [0.25, 0.3) is 6.08 Å². The van der Waals surface area contributed by atoms with Gasteiger partial charge in [-0.25, -0.2) is 4.79 Å². The van der Waals surface area contributed by atoms with Crippen molar-refractivity contribution < 1.29 is 19.1 Å². The Labute approximate surface area is 125 Å². The molecule has 1 amide bonds. The Hall–Kier alpha value is -2.14. The molecule has 1 rings (SSSR count). The summed E-state index contributed by atoms with van der Waals surface area (Å²) in [5.74, 6) is -0.408. The standard InChI is InChI=1S/C16H21NO4/c1-4-21-16(19)10-7-14-5-8-15(9-6-14)17(13(2)18)11-12-20-3/h5-10H,4,11-12H2,1-3H3. The van der Waals surface area contributed by atoms with Gasteiger partial charge >= 0.3 is 5.97 Å². The van der Waals surface area contributed by atoms with Crippen LogP contribution < -0.4 is 4.90 Å². The average Bonchev–Trinajstić information content (AvgIpc) is 2.47. The van der Waals surface area contributed by atoms with Gasteiger partial charge in [0.25, 0.3) is 0 Å². The molecular weight excluding hydrogens is 270 g/mol. The quantitative estimate of drug-likeness (QED) is 0.571. The van der Waals surface area contributed by atoms with Crippen LogP contribution in [0.15, 0.2) is 30.3 Å². The molecule has 114 valence electrons. The smallest absolute Gasteiger partial charge is 0.330 e. The van der Waals surface area contributed by atoms with Crippen molar-refractivity contribution in [2.24, 2.45) is 0 Å². The van der Waals surface area contributed by atoms with E-state index in [0.717, 1.165) is 11.3 Å². The largest absolute Gasteiger partial charge is 0.463 e. The van der Waals surface area contributed by atoms with Crippen molar-refractivity contribution in [1.82, 2.24) is 0 Å². The highest BCUT2D eigenvalue weighted by Crippen LogP contribution is 2.16. The van der Waals surface area contributed by atoms with E-state index in [1.54, 1.807) is 25.0 Å². The summed E-state index contributed by atoms with van der Waals surface area (Å²) in [5.41, 5.74) is 1.66. The Kier molecular flexibility index (Phi) is 7.18. The van der Waals surface area contributed by atoms with Gasteiger partial charge in [-0.3, -0.25) is 4.79 Å². The lowest BCUT2D eigenvalue weighted by molar-refractivity contribution is -0.137. The van der Waals surface area contributed by atoms with Gasteiger partial charge in [0.15, 0.2) is 0 Å². The topological polar surface area (TPSA) is 55.8 Å². The Morgan fingerprint density at radius 2 is 1.90 bits per heavy atom. The molecule has 5 heteroatoms. The first-order chi connectivity index (χ1) is 10.1. The summed E-state index contributed by atoms with van der Waals surface area (Å²) in [6, 6.07) is 7.35. The predicted molar refractivity (Wildman–Crippen MR) is 82.0 cm³/mol. The van der Waals surface area contributed by atoms with Gasteiger partial charge in [-0.1, -0.05) is 12.1 Å². The van der Waals surface area contributed by atoms with Gasteiger partial charge in [-0.2, -0.15) is 0 Å². The Morgan fingerprint density at radius 3 is 2.43 bits per heavy atom. The van der Waals surface area contributed by atoms with Crippen molar-refractivity contribution >= 4 is 23.6 Å². The fourth-order valence-electron chi connectivity index (χ4n) is 1.77. The molecule has 0 atom stereocenters. The van der Waals surface area contributed by atoms with Crippen LogP contribution in [0.4, 0.5) is 5.69 Å². The van der Waals surface area contributed by atoms with Gasteiger partial charge in [0, 0.05) is 32.3 Å². The van der Waals surface area contributed by atoms with Crippen molar-refractivity contribution in [2.75, 3.05) is 31.8 Å². The van der Waals surface area contributed by atoms with Crippen molar-refractivity contribution in [2.45, 2.75) is 13.8 Å². The maximum absolute atomic E-state index is 11.6. The zero-order valence-corrected chi connectivity index (χ0v) is 12.7. The van der Waals surface area contributed by atoms with E-state index in [-0.39, 0.29) is 11.9 Å². The normalized spacial score (nSPS) is 10.6. The van der Waals surface area contributed by atoms with E-state index in [0.29, 0.717) is 19.8 Å². The lowest BCUT2D eigenvalue weighted by Gasteiger charge is -2.20. The molecule has 0 aromatic heterocycles. The summed E-state index contributed by atoms with van der Waals surface area (Å²) in [4.78, 5) is 24.5. The average molecular weight is 291 g/mol. The molecule has 0 heterocycles. The molecule has 0 unspecified atom stereocenters. The molecule has 1 aromatic rings. The summed E-state index contributed by atoms with van der Waals surface area (Å²) in [6.07, 6.45) is 3.06. The Morgan fingerprint density at radius 1 is 1.24 bits per heavy atom. The molecular formula is C16H21NO4. The highest BCUT2D eigenvalue weighted by Gasteiger charge is 2.10. The SMILES string of the molecule is CCOC(=O)C=Cc1ccc(N(CCOC)C(C)=O)cc1. The van der Waals surface area contributed by atoms with Gasteiger partial charge in [-0.05, 0) is 30.7 Å². The summed E-state index contributed by atoms with van der Waals surface area (Å²) < 4.78 is 9.81. The minimum Gasteiger partial charge on any atom is -0.463 e. The Balaban J connectivity index is 2.75. The molecule has 0 N–H and O–H groups in total. The monoisotopic (exact) mass is 291 g/mol. The van der Waals surface area contributed by atoms with Crippen molar-refractivity contribution in [3.8, 4) is 0 Å². The number of nitrogens with zero attached hydrogens (tertiary/aromatic N) is 1. The summed E-state index contributed by atoms with van der Waals surface area (Å²) >= 11 is 0. The van der Waals surface area contributed by atoms with E-state index in [4.69, 9.17) is 9.47 Å². The third kappa shape index (κ3) is 5.79. The second kappa shape index (κ2) is 8.92. The van der Waals surface area contributed by atoms with Crippen LogP contribution in [0, 0.1) is 0 Å². The molecule has 1 aromatic carbocycles. The summed E-state index contributed by atoms with van der Waals surface area (Å²) in [5, 5.41) is 0. The van der Waals surface area contributed by atoms with Gasteiger partial charge < -0.3 is 14.4 Å². The fourth-order valence-corrected chi connectivity index (χ4v) is 1.77. The molecule has 0 aliphatic carbocycles.